The summed E-state index contributed by atoms with van der Waals surface area (Å²) in [6.07, 6.45) is 0. The molecule has 0 radical (unpaired) electrons. The molecule has 362 valence electrons. The summed E-state index contributed by atoms with van der Waals surface area (Å²) in [5.74, 6) is 0. The van der Waals surface area contributed by atoms with Gasteiger partial charge in [-0.25, -0.2) is 0 Å². The summed E-state index contributed by atoms with van der Waals surface area (Å²) in [6.45, 7) is 0. The van der Waals surface area contributed by atoms with Crippen LogP contribution in [0.4, 0.5) is 0 Å². The third-order valence-corrected chi connectivity index (χ3v) is 17.9. The fourth-order valence-electron chi connectivity index (χ4n) is 13.3. The van der Waals surface area contributed by atoms with Gasteiger partial charge in [-0.05, 0) is 90.0 Å². The zero-order chi connectivity index (χ0) is 50.7. The largest absolute Gasteiger partial charge is 0.455 e. The minimum Gasteiger partial charge on any atom is -0.455 e. The van der Waals surface area contributed by atoms with Gasteiger partial charge >= 0.3 is 0 Å². The summed E-state index contributed by atoms with van der Waals surface area (Å²) in [5, 5.41) is 14.3. The molecule has 0 saturated carbocycles. The normalized spacial score (nSPS) is 12.4. The number of furan rings is 2. The highest BCUT2D eigenvalue weighted by Crippen LogP contribution is 2.47. The Morgan fingerprint density at radius 2 is 0.744 bits per heavy atom. The highest BCUT2D eigenvalue weighted by molar-refractivity contribution is 7.26. The van der Waals surface area contributed by atoms with E-state index in [4.69, 9.17) is 8.83 Å². The average molecular weight is 1010 g/mol. The smallest absolute Gasteiger partial charge is 0.159 e. The van der Waals surface area contributed by atoms with E-state index >= 15 is 0 Å². The Morgan fingerprint density at radius 3 is 1.47 bits per heavy atom. The fourth-order valence-corrected chi connectivity index (χ4v) is 14.6. The summed E-state index contributed by atoms with van der Waals surface area (Å²) < 4.78 is 23.3. The van der Waals surface area contributed by atoms with E-state index in [-0.39, 0.29) is 0 Å². The number of para-hydroxylation sites is 7. The molecule has 0 aliphatic carbocycles. The highest BCUT2D eigenvalue weighted by atomic mass is 32.1. The number of rotatable bonds is 5. The van der Waals surface area contributed by atoms with Crippen LogP contribution in [0.5, 0.6) is 0 Å². The van der Waals surface area contributed by atoms with Gasteiger partial charge in [-0.2, -0.15) is 0 Å². The Morgan fingerprint density at radius 1 is 0.256 bits per heavy atom. The molecular formula is C72H41N3O2S. The highest BCUT2D eigenvalue weighted by Gasteiger charge is 2.23. The van der Waals surface area contributed by atoms with Gasteiger partial charge in [0, 0.05) is 86.1 Å². The van der Waals surface area contributed by atoms with Crippen LogP contribution in [0.15, 0.2) is 258 Å². The van der Waals surface area contributed by atoms with Crippen LogP contribution >= 0.6 is 11.3 Å². The zero-order valence-corrected chi connectivity index (χ0v) is 42.6. The van der Waals surface area contributed by atoms with E-state index in [9.17, 15) is 0 Å². The van der Waals surface area contributed by atoms with E-state index in [1.54, 1.807) is 0 Å². The van der Waals surface area contributed by atoms with E-state index < -0.39 is 0 Å². The molecule has 0 fully saturated rings. The van der Waals surface area contributed by atoms with Crippen molar-refractivity contribution < 1.29 is 8.83 Å². The quantitative estimate of drug-likeness (QED) is 0.172. The summed E-state index contributed by atoms with van der Waals surface area (Å²) in [4.78, 5) is 0. The number of nitrogens with zero attached hydrogens (tertiary/aromatic N) is 3. The Bertz CT molecular complexity index is 5550. The van der Waals surface area contributed by atoms with Crippen molar-refractivity contribution in [2.75, 3.05) is 0 Å². The summed E-state index contributed by atoms with van der Waals surface area (Å²) in [5.41, 5.74) is 18.5. The molecule has 12 aromatic carbocycles. The predicted octanol–water partition coefficient (Wildman–Crippen LogP) is 20.5. The van der Waals surface area contributed by atoms with E-state index in [2.05, 4.69) is 256 Å². The van der Waals surface area contributed by atoms with Crippen molar-refractivity contribution in [1.29, 1.82) is 0 Å². The molecule has 0 unspecified atom stereocenters. The summed E-state index contributed by atoms with van der Waals surface area (Å²) >= 11 is 1.87. The molecule has 6 heterocycles. The molecule has 18 rings (SSSR count). The van der Waals surface area contributed by atoms with Gasteiger partial charge < -0.3 is 22.5 Å². The maximum Gasteiger partial charge on any atom is 0.159 e. The van der Waals surface area contributed by atoms with Crippen molar-refractivity contribution in [1.82, 2.24) is 13.7 Å². The molecule has 0 saturated heterocycles. The number of benzene rings is 12. The number of hydrogen-bond donors (Lipinski definition) is 0. The number of aromatic nitrogens is 3. The van der Waals surface area contributed by atoms with Crippen LogP contribution in [0.25, 0.3) is 169 Å². The molecule has 6 aromatic heterocycles. The second-order valence-electron chi connectivity index (χ2n) is 20.7. The van der Waals surface area contributed by atoms with Crippen molar-refractivity contribution in [3.63, 3.8) is 0 Å². The van der Waals surface area contributed by atoms with Crippen LogP contribution in [-0.4, -0.2) is 13.7 Å². The van der Waals surface area contributed by atoms with Crippen LogP contribution < -0.4 is 0 Å². The van der Waals surface area contributed by atoms with Crippen LogP contribution in [0.1, 0.15) is 0 Å². The van der Waals surface area contributed by atoms with Gasteiger partial charge in [0.05, 0.1) is 49.2 Å². The topological polar surface area (TPSA) is 41.1 Å². The van der Waals surface area contributed by atoms with Crippen LogP contribution in [-0.2, 0) is 0 Å². The standard InChI is InChI=1S/C72H41N3O2S/c1-6-26-59-45(15-1)46-16-2-7-27-60(46)73(59)44-35-38-68-58(41-44)53-22-13-30-64(70(53)77-68)75-61-28-8-3-17-47(61)49-36-33-43(40-66(49)75)42-34-37-63-57(39-42)48-18-4-9-29-62(48)74(63)65-31-14-25-56-55-24-12-23-54(71(55)78-72(56)65)52-21-11-20-51-50-19-5-10-32-67(50)76-69(51)52/h1-41H. The first-order valence-corrected chi connectivity index (χ1v) is 27.4. The fraction of sp³-hybridized carbons (Fsp3) is 0. The molecule has 0 bridgehead atoms. The van der Waals surface area contributed by atoms with Gasteiger partial charge in [0.1, 0.15) is 16.7 Å². The Hall–Kier alpha value is -10.1. The molecule has 18 aromatic rings. The Kier molecular flexibility index (Phi) is 8.49. The van der Waals surface area contributed by atoms with Crippen molar-refractivity contribution in [2.24, 2.45) is 0 Å². The molecule has 0 atom stereocenters. The molecule has 0 amide bonds. The lowest BCUT2D eigenvalue weighted by atomic mass is 10.00. The average Bonchev–Trinajstić information content (AvgIpc) is 4.44. The number of thiophene rings is 1. The van der Waals surface area contributed by atoms with Gasteiger partial charge in [-0.3, -0.25) is 0 Å². The molecule has 5 nitrogen and oxygen atoms in total. The minimum atomic E-state index is 0.862. The lowest BCUT2D eigenvalue weighted by molar-refractivity contribution is 0.666. The maximum atomic E-state index is 6.96. The van der Waals surface area contributed by atoms with E-state index in [1.807, 2.05) is 17.4 Å². The third-order valence-electron chi connectivity index (χ3n) is 16.7. The summed E-state index contributed by atoms with van der Waals surface area (Å²) in [7, 11) is 0. The molecule has 0 aliphatic rings. The first kappa shape index (κ1) is 42.1. The van der Waals surface area contributed by atoms with Crippen LogP contribution in [0.3, 0.4) is 0 Å². The van der Waals surface area contributed by atoms with Crippen molar-refractivity contribution in [3.05, 3.63) is 249 Å². The van der Waals surface area contributed by atoms with Crippen LogP contribution in [0.2, 0.25) is 0 Å². The monoisotopic (exact) mass is 1010 g/mol. The molecule has 0 N–H and O–H groups in total. The maximum absolute atomic E-state index is 6.96. The van der Waals surface area contributed by atoms with Crippen molar-refractivity contribution in [3.8, 4) is 39.3 Å². The molecule has 0 aliphatic heterocycles. The SMILES string of the molecule is c1ccc2c(c1)oc1c(-c3cccc4c3sc3c(-n5c6ccccc6c6cc(-c7ccc8c9ccccc9n(-c9cccc%10c9oc9ccc(-n%11c%12ccccc%12c%12ccccc%12%11)cc9%10)c8c7)ccc65)cccc34)cccc12. The van der Waals surface area contributed by atoms with Gasteiger partial charge in [-0.1, -0.05) is 170 Å². The van der Waals surface area contributed by atoms with Crippen LogP contribution in [0, 0.1) is 0 Å². The van der Waals surface area contributed by atoms with E-state index in [0.717, 1.165) is 83.0 Å². The van der Waals surface area contributed by atoms with Gasteiger partial charge in [0.15, 0.2) is 5.58 Å². The van der Waals surface area contributed by atoms with Crippen molar-refractivity contribution in [2.45, 2.75) is 0 Å². The van der Waals surface area contributed by atoms with Gasteiger partial charge in [0.2, 0.25) is 0 Å². The number of hydrogen-bond acceptors (Lipinski definition) is 3. The molecule has 6 heteroatoms. The zero-order valence-electron chi connectivity index (χ0n) is 41.7. The molecular weight excluding hydrogens is 971 g/mol. The van der Waals surface area contributed by atoms with E-state index in [1.165, 1.54) is 85.8 Å². The second-order valence-corrected chi connectivity index (χ2v) is 21.7. The summed E-state index contributed by atoms with van der Waals surface area (Å²) in [6, 6.07) is 90.6. The number of fused-ring (bicyclic) bond motifs is 18. The Balaban J connectivity index is 0.789. The molecule has 78 heavy (non-hydrogen) atoms. The lowest BCUT2D eigenvalue weighted by Crippen LogP contribution is -1.95. The lowest BCUT2D eigenvalue weighted by Gasteiger charge is -2.11. The first-order valence-electron chi connectivity index (χ1n) is 26.6. The third kappa shape index (κ3) is 5.73. The van der Waals surface area contributed by atoms with E-state index in [0.29, 0.717) is 0 Å². The minimum absolute atomic E-state index is 0.862. The first-order chi connectivity index (χ1) is 38.7. The second kappa shape index (κ2) is 15.7. The Labute approximate surface area is 448 Å². The predicted molar refractivity (Wildman–Crippen MR) is 328 cm³/mol. The van der Waals surface area contributed by atoms with Gasteiger partial charge in [-0.15, -0.1) is 11.3 Å². The van der Waals surface area contributed by atoms with Crippen molar-refractivity contribution >= 4 is 141 Å². The van der Waals surface area contributed by atoms with Gasteiger partial charge in [0.25, 0.3) is 0 Å². The molecule has 0 spiro atoms.